The quantitative estimate of drug-likeness (QED) is 0.638. The van der Waals surface area contributed by atoms with Gasteiger partial charge in [-0.1, -0.05) is 0 Å². The van der Waals surface area contributed by atoms with Gasteiger partial charge in [-0.05, 0) is 77.2 Å². The monoisotopic (exact) mass is 455 g/mol. The molecule has 0 radical (unpaired) electrons. The van der Waals surface area contributed by atoms with Gasteiger partial charge in [0.05, 0.1) is 16.8 Å². The number of amides is 1. The van der Waals surface area contributed by atoms with Crippen molar-refractivity contribution >= 4 is 34.7 Å². The molecule has 1 amide bonds. The van der Waals surface area contributed by atoms with Crippen LogP contribution in [0.1, 0.15) is 67.3 Å². The van der Waals surface area contributed by atoms with Crippen molar-refractivity contribution in [3.05, 3.63) is 10.9 Å². The standard InChI is InChI=1S/C19H31BBrN3O4/c1-17(2,3)26-16(25)23-10-8-13(9-11-23)24-12-14(22-15(24)21)20-27-18(4,5)19(6,7)28-20/h12-13H,8-11H2,1-7H3. The van der Waals surface area contributed by atoms with Crippen molar-refractivity contribution in [1.82, 2.24) is 14.5 Å². The molecule has 0 aliphatic carbocycles. The van der Waals surface area contributed by atoms with Crippen LogP contribution in [-0.4, -0.2) is 57.6 Å². The SMILES string of the molecule is CC(C)(C)OC(=O)N1CCC(n2cc(B3OC(C)(C)C(C)(C)O3)nc2Br)CC1. The number of carbonyl (C=O) groups excluding carboxylic acids is 1. The van der Waals surface area contributed by atoms with Crippen molar-refractivity contribution in [3.8, 4) is 0 Å². The Morgan fingerprint density at radius 1 is 1.21 bits per heavy atom. The highest BCUT2D eigenvalue weighted by atomic mass is 79.9. The Labute approximate surface area is 176 Å². The molecule has 7 nitrogen and oxygen atoms in total. The molecule has 28 heavy (non-hydrogen) atoms. The summed E-state index contributed by atoms with van der Waals surface area (Å²) in [5.74, 6) is 0. The van der Waals surface area contributed by atoms with Gasteiger partial charge in [0.2, 0.25) is 0 Å². The number of hydrogen-bond acceptors (Lipinski definition) is 5. The molecular formula is C19H31BBrN3O4. The van der Waals surface area contributed by atoms with Gasteiger partial charge in [-0.25, -0.2) is 9.78 Å². The number of carbonyl (C=O) groups is 1. The number of nitrogens with zero attached hydrogens (tertiary/aromatic N) is 3. The van der Waals surface area contributed by atoms with E-state index in [9.17, 15) is 4.79 Å². The van der Waals surface area contributed by atoms with Crippen LogP contribution in [0.25, 0.3) is 0 Å². The highest BCUT2D eigenvalue weighted by Crippen LogP contribution is 2.36. The van der Waals surface area contributed by atoms with E-state index in [2.05, 4.69) is 25.5 Å². The van der Waals surface area contributed by atoms with Crippen LogP contribution in [0.3, 0.4) is 0 Å². The van der Waals surface area contributed by atoms with E-state index >= 15 is 0 Å². The average Bonchev–Trinajstić information content (AvgIpc) is 3.03. The summed E-state index contributed by atoms with van der Waals surface area (Å²) in [4.78, 5) is 18.7. The Morgan fingerprint density at radius 2 is 1.75 bits per heavy atom. The van der Waals surface area contributed by atoms with Crippen LogP contribution >= 0.6 is 15.9 Å². The Hall–Kier alpha value is -1.06. The summed E-state index contributed by atoms with van der Waals surface area (Å²) in [6.45, 7) is 15.1. The van der Waals surface area contributed by atoms with E-state index in [1.807, 2.05) is 54.7 Å². The molecule has 0 bridgehead atoms. The van der Waals surface area contributed by atoms with Gasteiger partial charge in [0.25, 0.3) is 0 Å². The lowest BCUT2D eigenvalue weighted by Crippen LogP contribution is -2.42. The molecule has 156 valence electrons. The minimum atomic E-state index is -0.482. The Kier molecular flexibility index (Phi) is 5.66. The molecule has 2 fully saturated rings. The van der Waals surface area contributed by atoms with Crippen LogP contribution in [0.5, 0.6) is 0 Å². The Bertz CT molecular complexity index is 720. The molecule has 2 aliphatic heterocycles. The minimum absolute atomic E-state index is 0.242. The topological polar surface area (TPSA) is 65.8 Å². The Morgan fingerprint density at radius 3 is 2.25 bits per heavy atom. The first-order valence-electron chi connectivity index (χ1n) is 9.87. The van der Waals surface area contributed by atoms with Gasteiger partial charge in [0.15, 0.2) is 4.73 Å². The maximum Gasteiger partial charge on any atom is 0.516 e. The van der Waals surface area contributed by atoms with Crippen molar-refractivity contribution in [3.63, 3.8) is 0 Å². The third-order valence-electron chi connectivity index (χ3n) is 5.71. The van der Waals surface area contributed by atoms with E-state index in [-0.39, 0.29) is 12.1 Å². The van der Waals surface area contributed by atoms with Gasteiger partial charge in [-0.2, -0.15) is 0 Å². The van der Waals surface area contributed by atoms with E-state index in [4.69, 9.17) is 14.0 Å². The molecule has 0 unspecified atom stereocenters. The number of ether oxygens (including phenoxy) is 1. The summed E-state index contributed by atoms with van der Waals surface area (Å²) in [5, 5.41) is 0. The third-order valence-corrected chi connectivity index (χ3v) is 6.30. The van der Waals surface area contributed by atoms with Crippen LogP contribution in [-0.2, 0) is 14.0 Å². The van der Waals surface area contributed by atoms with E-state index in [0.717, 1.165) is 23.2 Å². The summed E-state index contributed by atoms with van der Waals surface area (Å²) < 4.78 is 20.6. The smallest absolute Gasteiger partial charge is 0.444 e. The number of likely N-dealkylation sites (tertiary alicyclic amines) is 1. The van der Waals surface area contributed by atoms with E-state index in [1.165, 1.54) is 0 Å². The summed E-state index contributed by atoms with van der Waals surface area (Å²) in [7, 11) is -0.482. The molecular weight excluding hydrogens is 425 g/mol. The van der Waals surface area contributed by atoms with Crippen LogP contribution in [0.4, 0.5) is 4.79 Å². The normalized spacial score (nSPS) is 22.6. The zero-order valence-electron chi connectivity index (χ0n) is 17.9. The van der Waals surface area contributed by atoms with Crippen molar-refractivity contribution < 1.29 is 18.8 Å². The number of aromatic nitrogens is 2. The second-order valence-corrected chi connectivity index (χ2v) is 10.3. The van der Waals surface area contributed by atoms with Crippen LogP contribution in [0, 0.1) is 0 Å². The summed E-state index contributed by atoms with van der Waals surface area (Å²) in [6.07, 6.45) is 3.45. The largest absolute Gasteiger partial charge is 0.516 e. The van der Waals surface area contributed by atoms with E-state index < -0.39 is 23.9 Å². The Balaban J connectivity index is 1.65. The van der Waals surface area contributed by atoms with Crippen LogP contribution < -0.4 is 5.59 Å². The first kappa shape index (κ1) is 21.6. The van der Waals surface area contributed by atoms with Crippen LogP contribution in [0.15, 0.2) is 10.9 Å². The molecule has 2 aliphatic rings. The number of hydrogen-bond donors (Lipinski definition) is 0. The summed E-state index contributed by atoms with van der Waals surface area (Å²) >= 11 is 3.58. The van der Waals surface area contributed by atoms with Crippen molar-refractivity contribution in [2.24, 2.45) is 0 Å². The molecule has 0 aromatic carbocycles. The molecule has 0 atom stereocenters. The summed E-state index contributed by atoms with van der Waals surface area (Å²) in [5.41, 5.74) is -0.501. The predicted molar refractivity (Wildman–Crippen MR) is 112 cm³/mol. The zero-order valence-corrected chi connectivity index (χ0v) is 19.5. The van der Waals surface area contributed by atoms with Gasteiger partial charge < -0.3 is 23.5 Å². The van der Waals surface area contributed by atoms with Crippen molar-refractivity contribution in [2.75, 3.05) is 13.1 Å². The lowest BCUT2D eigenvalue weighted by atomic mass is 9.86. The fourth-order valence-electron chi connectivity index (χ4n) is 3.38. The molecule has 3 rings (SSSR count). The van der Waals surface area contributed by atoms with Crippen LogP contribution in [0.2, 0.25) is 0 Å². The first-order valence-corrected chi connectivity index (χ1v) is 10.7. The molecule has 2 saturated heterocycles. The number of halogens is 1. The van der Waals surface area contributed by atoms with E-state index in [1.54, 1.807) is 4.90 Å². The average molecular weight is 456 g/mol. The van der Waals surface area contributed by atoms with Crippen molar-refractivity contribution in [1.29, 1.82) is 0 Å². The maximum atomic E-state index is 12.3. The van der Waals surface area contributed by atoms with Gasteiger partial charge in [0, 0.05) is 25.3 Å². The lowest BCUT2D eigenvalue weighted by Gasteiger charge is -2.34. The summed E-state index contributed by atoms with van der Waals surface area (Å²) in [6, 6.07) is 0.261. The molecule has 3 heterocycles. The number of piperidine rings is 1. The molecule has 0 saturated carbocycles. The van der Waals surface area contributed by atoms with Gasteiger partial charge in [-0.15, -0.1) is 0 Å². The van der Waals surface area contributed by atoms with Crippen molar-refractivity contribution in [2.45, 2.75) is 84.2 Å². The van der Waals surface area contributed by atoms with E-state index in [0.29, 0.717) is 13.1 Å². The minimum Gasteiger partial charge on any atom is -0.444 e. The van der Waals surface area contributed by atoms with Gasteiger partial charge in [0.1, 0.15) is 5.60 Å². The third kappa shape index (κ3) is 4.41. The van der Waals surface area contributed by atoms with Gasteiger partial charge in [-0.3, -0.25) is 0 Å². The molecule has 0 spiro atoms. The zero-order chi connectivity index (χ0) is 20.9. The fourth-order valence-corrected chi connectivity index (χ4v) is 3.97. The molecule has 1 aromatic heterocycles. The number of rotatable bonds is 2. The molecule has 1 aromatic rings. The highest BCUT2D eigenvalue weighted by Gasteiger charge is 2.52. The highest BCUT2D eigenvalue weighted by molar-refractivity contribution is 9.10. The molecule has 9 heteroatoms. The number of imidazole rings is 1. The lowest BCUT2D eigenvalue weighted by molar-refractivity contribution is 0.00578. The maximum absolute atomic E-state index is 12.3. The fraction of sp³-hybridized carbons (Fsp3) is 0.789. The molecule has 0 N–H and O–H groups in total. The second-order valence-electron chi connectivity index (χ2n) is 9.63. The first-order chi connectivity index (χ1) is 12.8. The second kappa shape index (κ2) is 7.33. The van der Waals surface area contributed by atoms with Gasteiger partial charge >= 0.3 is 13.2 Å². The predicted octanol–water partition coefficient (Wildman–Crippen LogP) is 3.52.